The van der Waals surface area contributed by atoms with Gasteiger partial charge in [-0.15, -0.1) is 0 Å². The van der Waals surface area contributed by atoms with Gasteiger partial charge in [-0.2, -0.15) is 15.3 Å². The van der Waals surface area contributed by atoms with Gasteiger partial charge in [0.05, 0.1) is 29.8 Å². The maximum Gasteiger partial charge on any atom is 0.280 e. The number of alkyl halides is 2. The molecule has 18 heavy (non-hydrogen) atoms. The molecule has 0 aliphatic rings. The Morgan fingerprint density at radius 1 is 1.39 bits per heavy atom. The SMILES string of the molecule is Cn1ncc(C(=O)Nc2ccnnc2)c1C(F)F. The first-order valence-electron chi connectivity index (χ1n) is 4.97. The molecule has 0 bridgehead atoms. The summed E-state index contributed by atoms with van der Waals surface area (Å²) in [5.41, 5.74) is -0.210. The number of hydrogen-bond donors (Lipinski definition) is 1. The van der Waals surface area contributed by atoms with E-state index < -0.39 is 18.0 Å². The fourth-order valence-electron chi connectivity index (χ4n) is 1.44. The van der Waals surface area contributed by atoms with Crippen LogP contribution in [0.1, 0.15) is 22.5 Å². The van der Waals surface area contributed by atoms with Gasteiger partial charge < -0.3 is 5.32 Å². The van der Waals surface area contributed by atoms with Crippen LogP contribution in [-0.2, 0) is 7.05 Å². The molecule has 1 N–H and O–H groups in total. The minimum absolute atomic E-state index is 0.163. The number of aromatic nitrogens is 4. The van der Waals surface area contributed by atoms with Crippen molar-refractivity contribution < 1.29 is 13.6 Å². The van der Waals surface area contributed by atoms with Crippen LogP contribution in [0, 0.1) is 0 Å². The standard InChI is InChI=1S/C10H9F2N5O/c1-17-8(9(11)12)7(5-15-17)10(18)16-6-2-3-13-14-4-6/h2-5,9H,1H3,(H,13,16,18). The topological polar surface area (TPSA) is 72.7 Å². The molecule has 0 spiro atoms. The lowest BCUT2D eigenvalue weighted by Gasteiger charge is -2.05. The second-order valence-corrected chi connectivity index (χ2v) is 3.45. The summed E-state index contributed by atoms with van der Waals surface area (Å²) >= 11 is 0. The van der Waals surface area contributed by atoms with Crippen LogP contribution in [0.4, 0.5) is 14.5 Å². The Kier molecular flexibility index (Phi) is 3.26. The number of amides is 1. The van der Waals surface area contributed by atoms with Gasteiger partial charge >= 0.3 is 0 Å². The van der Waals surface area contributed by atoms with Crippen molar-refractivity contribution in [2.45, 2.75) is 6.43 Å². The average Bonchev–Trinajstić information content (AvgIpc) is 2.72. The van der Waals surface area contributed by atoms with Gasteiger partial charge in [0, 0.05) is 7.05 Å². The number of carbonyl (C=O) groups is 1. The first kappa shape index (κ1) is 12.1. The van der Waals surface area contributed by atoms with E-state index >= 15 is 0 Å². The van der Waals surface area contributed by atoms with Crippen LogP contribution < -0.4 is 5.32 Å². The molecule has 0 aliphatic carbocycles. The van der Waals surface area contributed by atoms with Crippen molar-refractivity contribution in [1.82, 2.24) is 20.0 Å². The van der Waals surface area contributed by atoms with Gasteiger partial charge in [-0.3, -0.25) is 9.48 Å². The quantitative estimate of drug-likeness (QED) is 0.897. The van der Waals surface area contributed by atoms with Crippen LogP contribution in [0.25, 0.3) is 0 Å². The van der Waals surface area contributed by atoms with E-state index in [9.17, 15) is 13.6 Å². The molecular formula is C10H9F2N5O. The molecule has 0 saturated carbocycles. The third kappa shape index (κ3) is 2.31. The highest BCUT2D eigenvalue weighted by Crippen LogP contribution is 2.22. The highest BCUT2D eigenvalue weighted by atomic mass is 19.3. The molecule has 0 atom stereocenters. The van der Waals surface area contributed by atoms with Crippen LogP contribution in [0.2, 0.25) is 0 Å². The summed E-state index contributed by atoms with van der Waals surface area (Å²) in [7, 11) is 1.35. The molecule has 0 aliphatic heterocycles. The highest BCUT2D eigenvalue weighted by molar-refractivity contribution is 6.04. The molecule has 0 unspecified atom stereocenters. The van der Waals surface area contributed by atoms with Gasteiger partial charge in [-0.25, -0.2) is 8.78 Å². The Balaban J connectivity index is 2.25. The average molecular weight is 253 g/mol. The van der Waals surface area contributed by atoms with Crippen LogP contribution in [0.5, 0.6) is 0 Å². The van der Waals surface area contributed by atoms with E-state index in [1.54, 1.807) is 0 Å². The number of carbonyl (C=O) groups excluding carboxylic acids is 1. The van der Waals surface area contributed by atoms with Crippen molar-refractivity contribution >= 4 is 11.6 Å². The van der Waals surface area contributed by atoms with Gasteiger partial charge in [0.25, 0.3) is 12.3 Å². The smallest absolute Gasteiger partial charge is 0.280 e. The number of aryl methyl sites for hydroxylation is 1. The summed E-state index contributed by atoms with van der Waals surface area (Å²) in [6.45, 7) is 0. The first-order valence-corrected chi connectivity index (χ1v) is 4.97. The maximum atomic E-state index is 12.8. The van der Waals surface area contributed by atoms with Gasteiger partial charge in [0.2, 0.25) is 0 Å². The summed E-state index contributed by atoms with van der Waals surface area (Å²) in [6, 6.07) is 1.50. The van der Waals surface area contributed by atoms with Crippen molar-refractivity contribution in [3.05, 3.63) is 35.9 Å². The Labute approximate surface area is 101 Å². The minimum Gasteiger partial charge on any atom is -0.320 e. The summed E-state index contributed by atoms with van der Waals surface area (Å²) in [4.78, 5) is 11.8. The van der Waals surface area contributed by atoms with Crippen LogP contribution in [0.3, 0.4) is 0 Å². The lowest BCUT2D eigenvalue weighted by atomic mass is 10.2. The zero-order chi connectivity index (χ0) is 13.1. The van der Waals surface area contributed by atoms with E-state index in [2.05, 4.69) is 20.6 Å². The molecule has 94 valence electrons. The van der Waals surface area contributed by atoms with Gasteiger partial charge in [0.15, 0.2) is 0 Å². The van der Waals surface area contributed by atoms with E-state index in [4.69, 9.17) is 0 Å². The van der Waals surface area contributed by atoms with Gasteiger partial charge in [-0.1, -0.05) is 0 Å². The lowest BCUT2D eigenvalue weighted by molar-refractivity contribution is 0.100. The number of nitrogens with one attached hydrogen (secondary N) is 1. The lowest BCUT2D eigenvalue weighted by Crippen LogP contribution is -2.14. The fourth-order valence-corrected chi connectivity index (χ4v) is 1.44. The normalized spacial score (nSPS) is 10.7. The second-order valence-electron chi connectivity index (χ2n) is 3.45. The van der Waals surface area contributed by atoms with Crippen LogP contribution in [-0.4, -0.2) is 25.9 Å². The van der Waals surface area contributed by atoms with E-state index in [1.165, 1.54) is 25.5 Å². The third-order valence-electron chi connectivity index (χ3n) is 2.28. The van der Waals surface area contributed by atoms with Gasteiger partial charge in [-0.05, 0) is 6.07 Å². The molecule has 0 saturated heterocycles. The molecule has 0 aromatic carbocycles. The van der Waals surface area contributed by atoms with Crippen molar-refractivity contribution in [2.24, 2.45) is 7.05 Å². The van der Waals surface area contributed by atoms with Crippen molar-refractivity contribution in [1.29, 1.82) is 0 Å². The zero-order valence-electron chi connectivity index (χ0n) is 9.34. The molecule has 0 fully saturated rings. The third-order valence-corrected chi connectivity index (χ3v) is 2.28. The Bertz CT molecular complexity index is 555. The highest BCUT2D eigenvalue weighted by Gasteiger charge is 2.23. The molecule has 2 aromatic rings. The largest absolute Gasteiger partial charge is 0.320 e. The molecule has 1 amide bonds. The Morgan fingerprint density at radius 2 is 2.17 bits per heavy atom. The number of nitrogens with zero attached hydrogens (tertiary/aromatic N) is 4. The molecule has 6 nitrogen and oxygen atoms in total. The number of rotatable bonds is 3. The van der Waals surface area contributed by atoms with Gasteiger partial charge in [0.1, 0.15) is 5.69 Å². The summed E-state index contributed by atoms with van der Waals surface area (Å²) in [5.74, 6) is -0.661. The summed E-state index contributed by atoms with van der Waals surface area (Å²) in [6.07, 6.45) is 1.03. The van der Waals surface area contributed by atoms with Crippen LogP contribution in [0.15, 0.2) is 24.7 Å². The molecular weight excluding hydrogens is 244 g/mol. The van der Waals surface area contributed by atoms with E-state index in [0.29, 0.717) is 5.69 Å². The molecule has 2 rings (SSSR count). The Morgan fingerprint density at radius 3 is 2.78 bits per heavy atom. The van der Waals surface area contributed by atoms with Crippen LogP contribution >= 0.6 is 0 Å². The predicted molar refractivity (Wildman–Crippen MR) is 58.2 cm³/mol. The molecule has 2 heterocycles. The minimum atomic E-state index is -2.77. The fraction of sp³-hybridized carbons (Fsp3) is 0.200. The van der Waals surface area contributed by atoms with E-state index in [1.807, 2.05) is 0 Å². The predicted octanol–water partition coefficient (Wildman–Crippen LogP) is 1.40. The number of anilines is 1. The van der Waals surface area contributed by atoms with E-state index in [0.717, 1.165) is 10.9 Å². The molecule has 2 aromatic heterocycles. The summed E-state index contributed by atoms with van der Waals surface area (Å²) in [5, 5.41) is 13.2. The first-order chi connectivity index (χ1) is 8.59. The monoisotopic (exact) mass is 253 g/mol. The number of halogens is 2. The molecule has 8 heteroatoms. The zero-order valence-corrected chi connectivity index (χ0v) is 9.34. The van der Waals surface area contributed by atoms with Crippen molar-refractivity contribution in [3.63, 3.8) is 0 Å². The van der Waals surface area contributed by atoms with Crippen molar-refractivity contribution in [2.75, 3.05) is 5.32 Å². The number of hydrogen-bond acceptors (Lipinski definition) is 4. The Hall–Kier alpha value is -2.38. The second kappa shape index (κ2) is 4.86. The van der Waals surface area contributed by atoms with Crippen molar-refractivity contribution in [3.8, 4) is 0 Å². The maximum absolute atomic E-state index is 12.8. The van der Waals surface area contributed by atoms with E-state index in [-0.39, 0.29) is 5.56 Å². The summed E-state index contributed by atoms with van der Waals surface area (Å²) < 4.78 is 26.5. The molecule has 0 radical (unpaired) electrons.